The molecule has 0 saturated carbocycles. The van der Waals surface area contributed by atoms with Gasteiger partial charge in [-0.2, -0.15) is 5.26 Å². The Morgan fingerprint density at radius 2 is 2.00 bits per heavy atom. The Balaban J connectivity index is 1.63. The molecule has 162 valence electrons. The minimum atomic E-state index is -0.124. The summed E-state index contributed by atoms with van der Waals surface area (Å²) < 4.78 is 10.7. The van der Waals surface area contributed by atoms with Gasteiger partial charge in [-0.15, -0.1) is 11.3 Å². The Labute approximate surface area is 191 Å². The van der Waals surface area contributed by atoms with Gasteiger partial charge in [0, 0.05) is 16.8 Å². The van der Waals surface area contributed by atoms with E-state index in [1.165, 1.54) is 4.88 Å². The molecule has 1 heterocycles. The Kier molecular flexibility index (Phi) is 6.83. The van der Waals surface area contributed by atoms with Gasteiger partial charge in [-0.3, -0.25) is 4.79 Å². The van der Waals surface area contributed by atoms with Gasteiger partial charge in [0.05, 0.1) is 12.7 Å². The summed E-state index contributed by atoms with van der Waals surface area (Å²) in [7, 11) is 1.55. The first-order chi connectivity index (χ1) is 15.7. The number of carbonyl (C=O) groups excluding carboxylic acids is 1. The SMILES string of the molecule is COc1cc(C=Nc2sc3c(c2C(=O)Nc2ccccc2)CCCC3)ccc1OCC#N. The lowest BCUT2D eigenvalue weighted by Crippen LogP contribution is -2.14. The van der Waals surface area contributed by atoms with Gasteiger partial charge in [0.25, 0.3) is 5.91 Å². The molecule has 0 fully saturated rings. The molecule has 0 unspecified atom stereocenters. The maximum Gasteiger partial charge on any atom is 0.259 e. The van der Waals surface area contributed by atoms with Crippen molar-refractivity contribution in [3.8, 4) is 17.6 Å². The van der Waals surface area contributed by atoms with E-state index in [1.807, 2.05) is 42.5 Å². The summed E-state index contributed by atoms with van der Waals surface area (Å²) in [5.74, 6) is 0.901. The number of methoxy groups -OCH3 is 1. The van der Waals surface area contributed by atoms with Gasteiger partial charge < -0.3 is 14.8 Å². The van der Waals surface area contributed by atoms with Crippen LogP contribution in [0.15, 0.2) is 53.5 Å². The summed E-state index contributed by atoms with van der Waals surface area (Å²) in [6, 6.07) is 16.8. The topological polar surface area (TPSA) is 83.7 Å². The number of fused-ring (bicyclic) bond motifs is 1. The van der Waals surface area contributed by atoms with E-state index >= 15 is 0 Å². The molecule has 1 aliphatic carbocycles. The van der Waals surface area contributed by atoms with Crippen molar-refractivity contribution in [1.82, 2.24) is 0 Å². The van der Waals surface area contributed by atoms with Crippen molar-refractivity contribution in [2.45, 2.75) is 25.7 Å². The van der Waals surface area contributed by atoms with Crippen molar-refractivity contribution in [3.05, 3.63) is 70.1 Å². The van der Waals surface area contributed by atoms with Crippen molar-refractivity contribution in [1.29, 1.82) is 5.26 Å². The van der Waals surface area contributed by atoms with Crippen molar-refractivity contribution in [2.75, 3.05) is 19.0 Å². The number of thiophene rings is 1. The summed E-state index contributed by atoms with van der Waals surface area (Å²) in [6.45, 7) is -0.0512. The molecule has 1 N–H and O–H groups in total. The van der Waals surface area contributed by atoms with Crippen LogP contribution >= 0.6 is 11.3 Å². The zero-order valence-electron chi connectivity index (χ0n) is 17.8. The number of aliphatic imine (C=N–C) groups is 1. The van der Waals surface area contributed by atoms with Crippen LogP contribution in [-0.2, 0) is 12.8 Å². The molecule has 7 heteroatoms. The lowest BCUT2D eigenvalue weighted by molar-refractivity contribution is 0.102. The van der Waals surface area contributed by atoms with Gasteiger partial charge in [0.2, 0.25) is 0 Å². The predicted molar refractivity (Wildman–Crippen MR) is 127 cm³/mol. The number of benzene rings is 2. The number of nitrogens with one attached hydrogen (secondary N) is 1. The molecular formula is C25H23N3O3S. The van der Waals surface area contributed by atoms with Crippen LogP contribution in [0.1, 0.15) is 39.2 Å². The van der Waals surface area contributed by atoms with E-state index in [9.17, 15) is 4.79 Å². The van der Waals surface area contributed by atoms with E-state index in [0.29, 0.717) is 22.1 Å². The minimum absolute atomic E-state index is 0.0512. The fourth-order valence-corrected chi connectivity index (χ4v) is 4.95. The summed E-state index contributed by atoms with van der Waals surface area (Å²) in [5.41, 5.74) is 3.37. The lowest BCUT2D eigenvalue weighted by atomic mass is 9.95. The van der Waals surface area contributed by atoms with E-state index in [1.54, 1.807) is 36.8 Å². The number of ether oxygens (including phenoxy) is 2. The first kappa shape index (κ1) is 21.6. The molecule has 0 spiro atoms. The van der Waals surface area contributed by atoms with Crippen LogP contribution in [-0.4, -0.2) is 25.8 Å². The normalized spacial score (nSPS) is 12.8. The summed E-state index contributed by atoms with van der Waals surface area (Å²) in [5, 5.41) is 12.4. The third-order valence-electron chi connectivity index (χ3n) is 5.22. The van der Waals surface area contributed by atoms with Gasteiger partial charge >= 0.3 is 0 Å². The van der Waals surface area contributed by atoms with E-state index in [-0.39, 0.29) is 12.5 Å². The van der Waals surface area contributed by atoms with Crippen molar-refractivity contribution >= 4 is 34.1 Å². The van der Waals surface area contributed by atoms with Gasteiger partial charge in [0.1, 0.15) is 11.1 Å². The number of carbonyl (C=O) groups is 1. The molecule has 0 bridgehead atoms. The summed E-state index contributed by atoms with van der Waals surface area (Å²) in [6.07, 6.45) is 5.84. The maximum atomic E-state index is 13.2. The predicted octanol–water partition coefficient (Wildman–Crippen LogP) is 5.54. The molecule has 6 nitrogen and oxygen atoms in total. The Hall–Kier alpha value is -3.63. The standard InChI is InChI=1S/C25H23N3O3S/c1-30-21-15-17(11-12-20(21)31-14-13-26)16-27-25-23(19-9-5-6-10-22(19)32-25)24(29)28-18-7-3-2-4-8-18/h2-4,7-8,11-12,15-16H,5-6,9-10,14H2,1H3,(H,28,29). The third kappa shape index (κ3) is 4.82. The molecule has 0 saturated heterocycles. The number of aryl methyl sites for hydroxylation is 1. The van der Waals surface area contributed by atoms with Crippen molar-refractivity contribution < 1.29 is 14.3 Å². The summed E-state index contributed by atoms with van der Waals surface area (Å²) in [4.78, 5) is 19.1. The number of amides is 1. The van der Waals surface area contributed by atoms with E-state index in [2.05, 4.69) is 5.32 Å². The lowest BCUT2D eigenvalue weighted by Gasteiger charge is -2.12. The number of anilines is 1. The highest BCUT2D eigenvalue weighted by atomic mass is 32.1. The molecule has 4 rings (SSSR count). The Bertz CT molecular complexity index is 1180. The molecule has 0 radical (unpaired) electrons. The van der Waals surface area contributed by atoms with Gasteiger partial charge in [0.15, 0.2) is 18.1 Å². The monoisotopic (exact) mass is 445 g/mol. The fourth-order valence-electron chi connectivity index (χ4n) is 3.72. The molecule has 32 heavy (non-hydrogen) atoms. The van der Waals surface area contributed by atoms with Crippen LogP contribution in [0.3, 0.4) is 0 Å². The molecule has 3 aromatic rings. The maximum absolute atomic E-state index is 13.2. The molecule has 0 atom stereocenters. The van der Waals surface area contributed by atoms with Crippen LogP contribution in [0.5, 0.6) is 11.5 Å². The molecule has 1 aliphatic rings. The van der Waals surface area contributed by atoms with E-state index in [4.69, 9.17) is 19.7 Å². The second-order valence-corrected chi connectivity index (χ2v) is 8.41. The third-order valence-corrected chi connectivity index (χ3v) is 6.42. The average Bonchev–Trinajstić information content (AvgIpc) is 3.20. The van der Waals surface area contributed by atoms with Gasteiger partial charge in [-0.05, 0) is 67.1 Å². The number of hydrogen-bond donors (Lipinski definition) is 1. The second-order valence-electron chi connectivity index (χ2n) is 7.33. The second kappa shape index (κ2) is 10.1. The van der Waals surface area contributed by atoms with Crippen LogP contribution in [0.25, 0.3) is 0 Å². The smallest absolute Gasteiger partial charge is 0.259 e. The van der Waals surface area contributed by atoms with Crippen LogP contribution < -0.4 is 14.8 Å². The number of nitrogens with zero attached hydrogens (tertiary/aromatic N) is 2. The van der Waals surface area contributed by atoms with Crippen molar-refractivity contribution in [2.24, 2.45) is 4.99 Å². The fraction of sp³-hybridized carbons (Fsp3) is 0.240. The van der Waals surface area contributed by atoms with E-state index < -0.39 is 0 Å². The Morgan fingerprint density at radius 1 is 1.19 bits per heavy atom. The molecule has 0 aliphatic heterocycles. The molecule has 1 aromatic heterocycles. The number of para-hydroxylation sites is 1. The van der Waals surface area contributed by atoms with Gasteiger partial charge in [-0.25, -0.2) is 4.99 Å². The van der Waals surface area contributed by atoms with E-state index in [0.717, 1.165) is 42.5 Å². The number of hydrogen-bond acceptors (Lipinski definition) is 6. The molecular weight excluding hydrogens is 422 g/mol. The average molecular weight is 446 g/mol. The zero-order valence-corrected chi connectivity index (χ0v) is 18.6. The summed E-state index contributed by atoms with van der Waals surface area (Å²) >= 11 is 1.59. The highest BCUT2D eigenvalue weighted by Crippen LogP contribution is 2.40. The first-order valence-electron chi connectivity index (χ1n) is 10.4. The van der Waals surface area contributed by atoms with Crippen LogP contribution in [0.2, 0.25) is 0 Å². The first-order valence-corrected chi connectivity index (χ1v) is 11.2. The van der Waals surface area contributed by atoms with Gasteiger partial charge in [-0.1, -0.05) is 18.2 Å². The zero-order chi connectivity index (χ0) is 22.3. The van der Waals surface area contributed by atoms with Crippen molar-refractivity contribution in [3.63, 3.8) is 0 Å². The highest BCUT2D eigenvalue weighted by molar-refractivity contribution is 7.16. The number of rotatable bonds is 7. The molecule has 2 aromatic carbocycles. The minimum Gasteiger partial charge on any atom is -0.493 e. The highest BCUT2D eigenvalue weighted by Gasteiger charge is 2.25. The van der Waals surface area contributed by atoms with Crippen LogP contribution in [0.4, 0.5) is 10.7 Å². The van der Waals surface area contributed by atoms with Crippen LogP contribution in [0, 0.1) is 11.3 Å². The Morgan fingerprint density at radius 3 is 2.78 bits per heavy atom. The largest absolute Gasteiger partial charge is 0.493 e. The quantitative estimate of drug-likeness (QED) is 0.484. The number of nitriles is 1. The molecule has 1 amide bonds.